The van der Waals surface area contributed by atoms with Crippen molar-refractivity contribution in [3.05, 3.63) is 52.6 Å². The highest BCUT2D eigenvalue weighted by Crippen LogP contribution is 2.16. The van der Waals surface area contributed by atoms with Gasteiger partial charge in [-0.05, 0) is 29.8 Å². The Kier molecular flexibility index (Phi) is 5.25. The van der Waals surface area contributed by atoms with Crippen LogP contribution in [0.1, 0.15) is 5.56 Å². The van der Waals surface area contributed by atoms with Gasteiger partial charge in [-0.25, -0.2) is 4.98 Å². The molecule has 0 saturated carbocycles. The van der Waals surface area contributed by atoms with Gasteiger partial charge in [0.15, 0.2) is 0 Å². The van der Waals surface area contributed by atoms with Gasteiger partial charge in [0.05, 0.1) is 18.3 Å². The number of aromatic nitrogens is 1. The van der Waals surface area contributed by atoms with Crippen molar-refractivity contribution in [1.82, 2.24) is 10.3 Å². The fraction of sp³-hybridized carbons (Fsp3) is 0.294. The van der Waals surface area contributed by atoms with Crippen LogP contribution in [0.3, 0.4) is 0 Å². The van der Waals surface area contributed by atoms with Crippen molar-refractivity contribution in [3.63, 3.8) is 0 Å². The molecule has 1 amide bonds. The molecule has 2 heterocycles. The summed E-state index contributed by atoms with van der Waals surface area (Å²) in [6.07, 6.45) is 2.16. The van der Waals surface area contributed by atoms with Crippen LogP contribution in [0.4, 0.5) is 11.5 Å². The van der Waals surface area contributed by atoms with Gasteiger partial charge in [0.2, 0.25) is 5.91 Å². The summed E-state index contributed by atoms with van der Waals surface area (Å²) in [5.41, 5.74) is 2.07. The lowest BCUT2D eigenvalue weighted by molar-refractivity contribution is -0.115. The van der Waals surface area contributed by atoms with Crippen molar-refractivity contribution >= 4 is 33.3 Å². The topological polar surface area (TPSA) is 57.3 Å². The summed E-state index contributed by atoms with van der Waals surface area (Å²) < 4.78 is 1.01. The first-order chi connectivity index (χ1) is 11.2. The van der Waals surface area contributed by atoms with Crippen molar-refractivity contribution in [2.45, 2.75) is 6.42 Å². The number of anilines is 2. The summed E-state index contributed by atoms with van der Waals surface area (Å²) >= 11 is 3.39. The monoisotopic (exact) mass is 374 g/mol. The number of amides is 1. The SMILES string of the molecule is O=C(Cc1ccc(Br)cc1)Nc1ccc(N2CCNCC2)cn1. The van der Waals surface area contributed by atoms with Crippen LogP contribution in [-0.2, 0) is 11.2 Å². The Hall–Kier alpha value is -1.92. The van der Waals surface area contributed by atoms with Crippen LogP contribution < -0.4 is 15.5 Å². The fourth-order valence-electron chi connectivity index (χ4n) is 2.54. The van der Waals surface area contributed by atoms with E-state index in [1.165, 1.54) is 0 Å². The molecule has 0 unspecified atom stereocenters. The molecule has 6 heteroatoms. The van der Waals surface area contributed by atoms with Crippen molar-refractivity contribution < 1.29 is 4.79 Å². The highest BCUT2D eigenvalue weighted by Gasteiger charge is 2.11. The molecule has 2 N–H and O–H groups in total. The molecule has 0 bridgehead atoms. The number of pyridine rings is 1. The number of halogens is 1. The van der Waals surface area contributed by atoms with Gasteiger partial charge in [0.25, 0.3) is 0 Å². The summed E-state index contributed by atoms with van der Waals surface area (Å²) in [4.78, 5) is 18.7. The lowest BCUT2D eigenvalue weighted by Crippen LogP contribution is -2.43. The summed E-state index contributed by atoms with van der Waals surface area (Å²) in [5.74, 6) is 0.528. The first kappa shape index (κ1) is 16.0. The van der Waals surface area contributed by atoms with E-state index in [1.807, 2.05) is 42.6 Å². The lowest BCUT2D eigenvalue weighted by atomic mass is 10.1. The van der Waals surface area contributed by atoms with E-state index < -0.39 is 0 Å². The summed E-state index contributed by atoms with van der Waals surface area (Å²) in [6, 6.07) is 11.6. The average molecular weight is 375 g/mol. The van der Waals surface area contributed by atoms with Crippen molar-refractivity contribution in [3.8, 4) is 0 Å². The number of hydrogen-bond donors (Lipinski definition) is 2. The summed E-state index contributed by atoms with van der Waals surface area (Å²) in [5, 5.41) is 6.17. The minimum absolute atomic E-state index is 0.0604. The molecule has 0 aliphatic carbocycles. The highest BCUT2D eigenvalue weighted by atomic mass is 79.9. The van der Waals surface area contributed by atoms with Crippen LogP contribution >= 0.6 is 15.9 Å². The van der Waals surface area contributed by atoms with Gasteiger partial charge < -0.3 is 15.5 Å². The zero-order valence-corrected chi connectivity index (χ0v) is 14.3. The van der Waals surface area contributed by atoms with Gasteiger partial charge in [-0.3, -0.25) is 4.79 Å². The molecule has 1 fully saturated rings. The van der Waals surface area contributed by atoms with E-state index in [0.29, 0.717) is 12.2 Å². The molecule has 1 saturated heterocycles. The van der Waals surface area contributed by atoms with Crippen LogP contribution in [0.5, 0.6) is 0 Å². The van der Waals surface area contributed by atoms with Crippen molar-refractivity contribution in [2.75, 3.05) is 36.4 Å². The van der Waals surface area contributed by atoms with E-state index in [1.54, 1.807) is 0 Å². The van der Waals surface area contributed by atoms with Crippen LogP contribution in [-0.4, -0.2) is 37.1 Å². The molecule has 1 aliphatic heterocycles. The van der Waals surface area contributed by atoms with E-state index in [-0.39, 0.29) is 5.91 Å². The number of nitrogens with one attached hydrogen (secondary N) is 2. The molecular weight excluding hydrogens is 356 g/mol. The molecule has 1 aliphatic rings. The molecule has 0 spiro atoms. The second-order valence-corrected chi connectivity index (χ2v) is 6.41. The maximum Gasteiger partial charge on any atom is 0.229 e. The highest BCUT2D eigenvalue weighted by molar-refractivity contribution is 9.10. The second-order valence-electron chi connectivity index (χ2n) is 5.49. The standard InChI is InChI=1S/C17H19BrN4O/c18-14-3-1-13(2-4-14)11-17(23)21-16-6-5-15(12-20-16)22-9-7-19-8-10-22/h1-6,12,19H,7-11H2,(H,20,21,23). The predicted octanol–water partition coefficient (Wildman–Crippen LogP) is 2.43. The van der Waals surface area contributed by atoms with Gasteiger partial charge in [0, 0.05) is 30.7 Å². The molecule has 0 atom stereocenters. The molecule has 0 radical (unpaired) electrons. The Balaban J connectivity index is 1.57. The molecular formula is C17H19BrN4O. The van der Waals surface area contributed by atoms with Crippen LogP contribution in [0, 0.1) is 0 Å². The number of carbonyl (C=O) groups is 1. The van der Waals surface area contributed by atoms with Gasteiger partial charge >= 0.3 is 0 Å². The zero-order chi connectivity index (χ0) is 16.1. The molecule has 1 aromatic carbocycles. The molecule has 120 valence electrons. The van der Waals surface area contributed by atoms with Crippen LogP contribution in [0.25, 0.3) is 0 Å². The number of hydrogen-bond acceptors (Lipinski definition) is 4. The predicted molar refractivity (Wildman–Crippen MR) is 95.8 cm³/mol. The van der Waals surface area contributed by atoms with E-state index >= 15 is 0 Å². The first-order valence-electron chi connectivity index (χ1n) is 7.67. The average Bonchev–Trinajstić information content (AvgIpc) is 2.58. The third-order valence-electron chi connectivity index (χ3n) is 3.78. The maximum absolute atomic E-state index is 12.1. The number of carbonyl (C=O) groups excluding carboxylic acids is 1. The Labute approximate surface area is 144 Å². The van der Waals surface area contributed by atoms with Gasteiger partial charge in [-0.2, -0.15) is 0 Å². The van der Waals surface area contributed by atoms with E-state index in [9.17, 15) is 4.79 Å². The number of nitrogens with zero attached hydrogens (tertiary/aromatic N) is 2. The Morgan fingerprint density at radius 3 is 2.57 bits per heavy atom. The minimum atomic E-state index is -0.0604. The second kappa shape index (κ2) is 7.57. The maximum atomic E-state index is 12.1. The Morgan fingerprint density at radius 1 is 1.17 bits per heavy atom. The summed E-state index contributed by atoms with van der Waals surface area (Å²) in [6.45, 7) is 3.95. The number of rotatable bonds is 4. The van der Waals surface area contributed by atoms with Gasteiger partial charge in [-0.15, -0.1) is 0 Å². The van der Waals surface area contributed by atoms with E-state index in [2.05, 4.69) is 36.4 Å². The zero-order valence-electron chi connectivity index (χ0n) is 12.8. The number of piperazine rings is 1. The Morgan fingerprint density at radius 2 is 1.91 bits per heavy atom. The normalized spacial score (nSPS) is 14.6. The quantitative estimate of drug-likeness (QED) is 0.862. The first-order valence-corrected chi connectivity index (χ1v) is 8.46. The summed E-state index contributed by atoms with van der Waals surface area (Å²) in [7, 11) is 0. The van der Waals surface area contributed by atoms with Gasteiger partial charge in [-0.1, -0.05) is 28.1 Å². The third-order valence-corrected chi connectivity index (χ3v) is 4.30. The fourth-order valence-corrected chi connectivity index (χ4v) is 2.81. The Bertz CT molecular complexity index is 651. The molecule has 5 nitrogen and oxygen atoms in total. The van der Waals surface area contributed by atoms with Gasteiger partial charge in [0.1, 0.15) is 5.82 Å². The van der Waals surface area contributed by atoms with E-state index in [0.717, 1.165) is 41.9 Å². The molecule has 3 rings (SSSR count). The molecule has 1 aromatic heterocycles. The molecule has 2 aromatic rings. The largest absolute Gasteiger partial charge is 0.368 e. The third kappa shape index (κ3) is 4.53. The van der Waals surface area contributed by atoms with E-state index in [4.69, 9.17) is 0 Å². The smallest absolute Gasteiger partial charge is 0.229 e. The minimum Gasteiger partial charge on any atom is -0.368 e. The molecule has 23 heavy (non-hydrogen) atoms. The number of benzene rings is 1. The lowest BCUT2D eigenvalue weighted by Gasteiger charge is -2.29. The van der Waals surface area contributed by atoms with Crippen LogP contribution in [0.15, 0.2) is 47.1 Å². The van der Waals surface area contributed by atoms with Crippen molar-refractivity contribution in [2.24, 2.45) is 0 Å². The van der Waals surface area contributed by atoms with Crippen molar-refractivity contribution in [1.29, 1.82) is 0 Å². The van der Waals surface area contributed by atoms with Crippen LogP contribution in [0.2, 0.25) is 0 Å².